The molecule has 4 aromatic rings. The molecule has 8 heteroatoms. The van der Waals surface area contributed by atoms with Crippen molar-refractivity contribution in [3.05, 3.63) is 71.8 Å². The zero-order chi connectivity index (χ0) is 18.1. The molecule has 0 fully saturated rings. The molecule has 0 bridgehead atoms. The third kappa shape index (κ3) is 2.77. The summed E-state index contributed by atoms with van der Waals surface area (Å²) in [4.78, 5) is 16.1. The number of rotatable bonds is 5. The van der Waals surface area contributed by atoms with Gasteiger partial charge in [0.1, 0.15) is 35.5 Å². The standard InChI is InChI=1S/C18H12FN3O4/c19-11-6-4-10(5-7-11)8-25-12-2-1-3-13-14(12)15(23)17(26-13)16(24)18-20-9-21-22-18/h1-7,9,23H,8H2,(H,20,21,22). The Hall–Kier alpha value is -3.68. The smallest absolute Gasteiger partial charge is 0.268 e. The van der Waals surface area contributed by atoms with Crippen LogP contribution in [0.3, 0.4) is 0 Å². The van der Waals surface area contributed by atoms with E-state index in [9.17, 15) is 14.3 Å². The van der Waals surface area contributed by atoms with Gasteiger partial charge in [0.2, 0.25) is 11.6 Å². The Labute approximate surface area is 146 Å². The molecule has 130 valence electrons. The van der Waals surface area contributed by atoms with E-state index in [1.807, 2.05) is 0 Å². The molecule has 0 spiro atoms. The number of carbonyl (C=O) groups is 1. The fourth-order valence-corrected chi connectivity index (χ4v) is 2.54. The Balaban J connectivity index is 1.67. The number of H-pyrrole nitrogens is 1. The van der Waals surface area contributed by atoms with Crippen LogP contribution < -0.4 is 4.74 Å². The van der Waals surface area contributed by atoms with Crippen LogP contribution in [-0.4, -0.2) is 26.1 Å². The molecule has 2 heterocycles. The maximum absolute atomic E-state index is 13.0. The van der Waals surface area contributed by atoms with Crippen LogP contribution in [-0.2, 0) is 6.61 Å². The largest absolute Gasteiger partial charge is 0.504 e. The predicted octanol–water partition coefficient (Wildman–Crippen LogP) is 3.21. The maximum atomic E-state index is 13.0. The maximum Gasteiger partial charge on any atom is 0.268 e. The van der Waals surface area contributed by atoms with E-state index >= 15 is 0 Å². The number of nitrogens with one attached hydrogen (secondary N) is 1. The molecule has 0 saturated carbocycles. The first-order valence-corrected chi connectivity index (χ1v) is 7.65. The van der Waals surface area contributed by atoms with Gasteiger partial charge in [-0.05, 0) is 29.8 Å². The van der Waals surface area contributed by atoms with Crippen molar-refractivity contribution in [2.75, 3.05) is 0 Å². The average Bonchev–Trinajstić information content (AvgIpc) is 3.29. The third-order valence-electron chi connectivity index (χ3n) is 3.80. The number of halogens is 1. The molecule has 2 N–H and O–H groups in total. The van der Waals surface area contributed by atoms with Crippen molar-refractivity contribution in [2.24, 2.45) is 0 Å². The molecular weight excluding hydrogens is 341 g/mol. The number of nitrogens with zero attached hydrogens (tertiary/aromatic N) is 2. The first kappa shape index (κ1) is 15.8. The van der Waals surface area contributed by atoms with E-state index in [4.69, 9.17) is 9.15 Å². The number of carbonyl (C=O) groups excluding carboxylic acids is 1. The molecule has 4 rings (SSSR count). The van der Waals surface area contributed by atoms with Crippen LogP contribution in [0.5, 0.6) is 11.5 Å². The molecule has 7 nitrogen and oxygen atoms in total. The number of benzene rings is 2. The molecule has 0 aliphatic rings. The van der Waals surface area contributed by atoms with Gasteiger partial charge >= 0.3 is 0 Å². The molecular formula is C18H12FN3O4. The quantitative estimate of drug-likeness (QED) is 0.534. The average molecular weight is 353 g/mol. The molecule has 0 aliphatic heterocycles. The van der Waals surface area contributed by atoms with Gasteiger partial charge in [-0.15, -0.1) is 0 Å². The summed E-state index contributed by atoms with van der Waals surface area (Å²) in [5.41, 5.74) is 1.05. The van der Waals surface area contributed by atoms with Crippen molar-refractivity contribution in [1.82, 2.24) is 15.2 Å². The molecule has 26 heavy (non-hydrogen) atoms. The number of aromatic amines is 1. The zero-order valence-corrected chi connectivity index (χ0v) is 13.3. The predicted molar refractivity (Wildman–Crippen MR) is 88.4 cm³/mol. The van der Waals surface area contributed by atoms with Gasteiger partial charge in [-0.1, -0.05) is 18.2 Å². The van der Waals surface area contributed by atoms with Crippen molar-refractivity contribution in [3.63, 3.8) is 0 Å². The summed E-state index contributed by atoms with van der Waals surface area (Å²) < 4.78 is 24.2. The van der Waals surface area contributed by atoms with Crippen molar-refractivity contribution >= 4 is 16.8 Å². The molecule has 0 saturated heterocycles. The van der Waals surface area contributed by atoms with E-state index in [2.05, 4.69) is 15.2 Å². The van der Waals surface area contributed by atoms with E-state index in [0.29, 0.717) is 11.3 Å². The van der Waals surface area contributed by atoms with Crippen molar-refractivity contribution in [2.45, 2.75) is 6.61 Å². The third-order valence-corrected chi connectivity index (χ3v) is 3.80. The number of ether oxygens (including phenoxy) is 1. The van der Waals surface area contributed by atoms with E-state index in [1.165, 1.54) is 18.5 Å². The number of hydrogen-bond donors (Lipinski definition) is 2. The Morgan fingerprint density at radius 2 is 2.04 bits per heavy atom. The first-order chi connectivity index (χ1) is 12.6. The molecule has 0 atom stereocenters. The topological polar surface area (TPSA) is 101 Å². The molecule has 2 aromatic carbocycles. The van der Waals surface area contributed by atoms with Crippen LogP contribution in [0.1, 0.15) is 21.9 Å². The van der Waals surface area contributed by atoms with Gasteiger partial charge in [0, 0.05) is 0 Å². The summed E-state index contributed by atoms with van der Waals surface area (Å²) in [7, 11) is 0. The summed E-state index contributed by atoms with van der Waals surface area (Å²) in [6, 6.07) is 10.8. The fourth-order valence-electron chi connectivity index (χ4n) is 2.54. The van der Waals surface area contributed by atoms with E-state index in [-0.39, 0.29) is 35.1 Å². The lowest BCUT2D eigenvalue weighted by molar-refractivity contribution is 0.0998. The van der Waals surface area contributed by atoms with Gasteiger partial charge in [0.05, 0.1) is 0 Å². The monoisotopic (exact) mass is 353 g/mol. The highest BCUT2D eigenvalue weighted by atomic mass is 19.1. The minimum absolute atomic E-state index is 0.0480. The SMILES string of the molecule is O=C(c1ncn[nH]1)c1oc2cccc(OCc3ccc(F)cc3)c2c1O. The minimum atomic E-state index is -0.624. The first-order valence-electron chi connectivity index (χ1n) is 7.65. The molecule has 0 aliphatic carbocycles. The number of furan rings is 1. The van der Waals surface area contributed by atoms with Gasteiger partial charge in [-0.25, -0.2) is 9.37 Å². The van der Waals surface area contributed by atoms with Crippen LogP contribution >= 0.6 is 0 Å². The number of ketones is 1. The summed E-state index contributed by atoms with van der Waals surface area (Å²) in [6.07, 6.45) is 1.18. The lowest BCUT2D eigenvalue weighted by atomic mass is 10.2. The van der Waals surface area contributed by atoms with Crippen LogP contribution in [0, 0.1) is 5.82 Å². The van der Waals surface area contributed by atoms with Gasteiger partial charge in [0.25, 0.3) is 5.78 Å². The second-order valence-corrected chi connectivity index (χ2v) is 5.49. The highest BCUT2D eigenvalue weighted by molar-refractivity contribution is 6.10. The van der Waals surface area contributed by atoms with Crippen molar-refractivity contribution in [1.29, 1.82) is 0 Å². The van der Waals surface area contributed by atoms with Crippen molar-refractivity contribution in [3.8, 4) is 11.5 Å². The van der Waals surface area contributed by atoms with Gasteiger partial charge in [-0.3, -0.25) is 9.89 Å². The number of fused-ring (bicyclic) bond motifs is 1. The van der Waals surface area contributed by atoms with Gasteiger partial charge < -0.3 is 14.3 Å². The lowest BCUT2D eigenvalue weighted by Gasteiger charge is -2.07. The van der Waals surface area contributed by atoms with Gasteiger partial charge in [0.15, 0.2) is 5.75 Å². The normalized spacial score (nSPS) is 11.0. The van der Waals surface area contributed by atoms with Gasteiger partial charge in [-0.2, -0.15) is 5.10 Å². The molecule has 2 aromatic heterocycles. The molecule has 0 radical (unpaired) electrons. The highest BCUT2D eigenvalue weighted by Crippen LogP contribution is 2.39. The fraction of sp³-hybridized carbons (Fsp3) is 0.0556. The lowest BCUT2D eigenvalue weighted by Crippen LogP contribution is -2.02. The number of aromatic nitrogens is 3. The summed E-state index contributed by atoms with van der Waals surface area (Å²) >= 11 is 0. The van der Waals surface area contributed by atoms with Crippen LogP contribution in [0.2, 0.25) is 0 Å². The summed E-state index contributed by atoms with van der Waals surface area (Å²) in [6.45, 7) is 0.162. The highest BCUT2D eigenvalue weighted by Gasteiger charge is 2.25. The minimum Gasteiger partial charge on any atom is -0.504 e. The summed E-state index contributed by atoms with van der Waals surface area (Å²) in [5, 5.41) is 16.8. The van der Waals surface area contributed by atoms with Crippen molar-refractivity contribution < 1.29 is 23.4 Å². The van der Waals surface area contributed by atoms with E-state index < -0.39 is 5.78 Å². The second-order valence-electron chi connectivity index (χ2n) is 5.49. The molecule has 0 amide bonds. The van der Waals surface area contributed by atoms with E-state index in [0.717, 1.165) is 5.56 Å². The van der Waals surface area contributed by atoms with Crippen LogP contribution in [0.25, 0.3) is 11.0 Å². The number of aromatic hydroxyl groups is 1. The molecule has 0 unspecified atom stereocenters. The van der Waals surface area contributed by atoms with E-state index in [1.54, 1.807) is 30.3 Å². The zero-order valence-electron chi connectivity index (χ0n) is 13.3. The van der Waals surface area contributed by atoms with Crippen LogP contribution in [0.15, 0.2) is 53.2 Å². The Morgan fingerprint density at radius 1 is 1.23 bits per heavy atom. The Bertz CT molecular complexity index is 1070. The Morgan fingerprint density at radius 3 is 2.77 bits per heavy atom. The van der Waals surface area contributed by atoms with Crippen LogP contribution in [0.4, 0.5) is 4.39 Å². The number of hydrogen-bond acceptors (Lipinski definition) is 6. The Kier molecular flexibility index (Phi) is 3.85. The second kappa shape index (κ2) is 6.32. The summed E-state index contributed by atoms with van der Waals surface area (Å²) in [5.74, 6) is -1.26.